The molecule has 0 atom stereocenters. The van der Waals surface area contributed by atoms with Crippen LogP contribution < -0.4 is 4.90 Å². The maximum absolute atomic E-state index is 4.45. The zero-order chi connectivity index (χ0) is 17.2. The van der Waals surface area contributed by atoms with Crippen molar-refractivity contribution in [1.82, 2.24) is 4.98 Å². The average Bonchev–Trinajstić information content (AvgIpc) is 2.68. The Bertz CT molecular complexity index is 1000. The Hall–Kier alpha value is -3.13. The minimum Gasteiger partial charge on any atom is -0.345 e. The van der Waals surface area contributed by atoms with E-state index in [1.807, 2.05) is 12.3 Å². The molecule has 2 heteroatoms. The highest BCUT2D eigenvalue weighted by Crippen LogP contribution is 2.28. The first-order valence-electron chi connectivity index (χ1n) is 8.46. The van der Waals surface area contributed by atoms with Crippen molar-refractivity contribution in [1.29, 1.82) is 0 Å². The lowest BCUT2D eigenvalue weighted by molar-refractivity contribution is 1.21. The lowest BCUT2D eigenvalue weighted by Crippen LogP contribution is -2.09. The number of nitrogens with zero attached hydrogens (tertiary/aromatic N) is 2. The summed E-state index contributed by atoms with van der Waals surface area (Å²) in [6.45, 7) is 2.11. The maximum atomic E-state index is 4.45. The van der Waals surface area contributed by atoms with Crippen LogP contribution in [0.2, 0.25) is 0 Å². The first kappa shape index (κ1) is 15.4. The number of benzene rings is 3. The van der Waals surface area contributed by atoms with E-state index in [1.54, 1.807) is 0 Å². The van der Waals surface area contributed by atoms with Crippen molar-refractivity contribution in [2.24, 2.45) is 0 Å². The topological polar surface area (TPSA) is 16.1 Å². The molecule has 0 spiro atoms. The molecule has 0 bridgehead atoms. The SMILES string of the molecule is Cc1ccc(-c2ccc(N(C)c3ccc4cccnc4c3)cc2)cc1. The standard InChI is InChI=1S/C23H20N2/c1-17-5-7-18(8-6-17)19-9-12-21(13-10-19)25(2)22-14-11-20-4-3-15-24-23(20)16-22/h3-16H,1-2H3. The number of pyridine rings is 1. The Morgan fingerprint density at radius 3 is 2.08 bits per heavy atom. The van der Waals surface area contributed by atoms with E-state index in [9.17, 15) is 0 Å². The Balaban J connectivity index is 1.63. The predicted octanol–water partition coefficient (Wildman–Crippen LogP) is 5.98. The van der Waals surface area contributed by atoms with Gasteiger partial charge in [0.15, 0.2) is 0 Å². The lowest BCUT2D eigenvalue weighted by Gasteiger charge is -2.20. The summed E-state index contributed by atoms with van der Waals surface area (Å²) in [5.41, 5.74) is 7.07. The van der Waals surface area contributed by atoms with Crippen molar-refractivity contribution in [2.45, 2.75) is 6.92 Å². The van der Waals surface area contributed by atoms with Gasteiger partial charge >= 0.3 is 0 Å². The third kappa shape index (κ3) is 3.11. The summed E-state index contributed by atoms with van der Waals surface area (Å²) in [7, 11) is 2.09. The van der Waals surface area contributed by atoms with E-state index < -0.39 is 0 Å². The number of aromatic nitrogens is 1. The molecule has 1 aromatic heterocycles. The van der Waals surface area contributed by atoms with Crippen LogP contribution in [0, 0.1) is 6.92 Å². The highest BCUT2D eigenvalue weighted by Gasteiger charge is 2.06. The van der Waals surface area contributed by atoms with Gasteiger partial charge in [0.05, 0.1) is 5.52 Å². The first-order valence-corrected chi connectivity index (χ1v) is 8.46. The Kier molecular flexibility index (Phi) is 3.95. The first-order chi connectivity index (χ1) is 12.2. The zero-order valence-corrected chi connectivity index (χ0v) is 14.5. The fraction of sp³-hybridized carbons (Fsp3) is 0.0870. The number of fused-ring (bicyclic) bond motifs is 1. The van der Waals surface area contributed by atoms with Crippen molar-refractivity contribution in [3.05, 3.63) is 90.6 Å². The third-order valence-corrected chi connectivity index (χ3v) is 4.62. The van der Waals surface area contributed by atoms with Gasteiger partial charge < -0.3 is 4.90 Å². The number of hydrogen-bond acceptors (Lipinski definition) is 2. The molecule has 122 valence electrons. The summed E-state index contributed by atoms with van der Waals surface area (Å²) in [5, 5.41) is 1.16. The zero-order valence-electron chi connectivity index (χ0n) is 14.5. The van der Waals surface area contributed by atoms with Crippen LogP contribution in [0.25, 0.3) is 22.0 Å². The molecule has 0 saturated carbocycles. The average molecular weight is 324 g/mol. The van der Waals surface area contributed by atoms with E-state index in [2.05, 4.69) is 96.7 Å². The Morgan fingerprint density at radius 1 is 0.720 bits per heavy atom. The van der Waals surface area contributed by atoms with Crippen molar-refractivity contribution < 1.29 is 0 Å². The van der Waals surface area contributed by atoms with Gasteiger partial charge in [-0.25, -0.2) is 0 Å². The fourth-order valence-corrected chi connectivity index (χ4v) is 3.04. The summed E-state index contributed by atoms with van der Waals surface area (Å²) in [6, 6.07) is 27.8. The fourth-order valence-electron chi connectivity index (χ4n) is 3.04. The summed E-state index contributed by atoms with van der Waals surface area (Å²) in [4.78, 5) is 6.64. The normalized spacial score (nSPS) is 10.8. The van der Waals surface area contributed by atoms with Crippen LogP contribution >= 0.6 is 0 Å². The van der Waals surface area contributed by atoms with Gasteiger partial charge in [0.25, 0.3) is 0 Å². The maximum Gasteiger partial charge on any atom is 0.0722 e. The smallest absolute Gasteiger partial charge is 0.0722 e. The molecule has 0 unspecified atom stereocenters. The molecule has 25 heavy (non-hydrogen) atoms. The van der Waals surface area contributed by atoms with E-state index in [0.717, 1.165) is 22.3 Å². The summed E-state index contributed by atoms with van der Waals surface area (Å²) in [5.74, 6) is 0. The molecule has 4 rings (SSSR count). The summed E-state index contributed by atoms with van der Waals surface area (Å²) < 4.78 is 0. The molecule has 0 aliphatic heterocycles. The molecule has 0 aliphatic rings. The van der Waals surface area contributed by atoms with Gasteiger partial charge in [-0.1, -0.05) is 54.1 Å². The van der Waals surface area contributed by atoms with Crippen LogP contribution in [-0.2, 0) is 0 Å². The van der Waals surface area contributed by atoms with Gasteiger partial charge in [-0.15, -0.1) is 0 Å². The minimum absolute atomic E-state index is 1.02. The molecule has 1 heterocycles. The van der Waals surface area contributed by atoms with Crippen LogP contribution in [0.15, 0.2) is 85.1 Å². The van der Waals surface area contributed by atoms with Gasteiger partial charge in [0, 0.05) is 30.0 Å². The molecule has 3 aromatic carbocycles. The van der Waals surface area contributed by atoms with Gasteiger partial charge in [-0.05, 0) is 48.4 Å². The predicted molar refractivity (Wildman–Crippen MR) is 106 cm³/mol. The molecule has 0 N–H and O–H groups in total. The second-order valence-corrected chi connectivity index (χ2v) is 6.35. The number of hydrogen-bond donors (Lipinski definition) is 0. The van der Waals surface area contributed by atoms with Gasteiger partial charge in [0.1, 0.15) is 0 Å². The third-order valence-electron chi connectivity index (χ3n) is 4.62. The monoisotopic (exact) mass is 324 g/mol. The van der Waals surface area contributed by atoms with E-state index in [1.165, 1.54) is 16.7 Å². The minimum atomic E-state index is 1.02. The number of anilines is 2. The number of rotatable bonds is 3. The molecule has 2 nitrogen and oxygen atoms in total. The lowest BCUT2D eigenvalue weighted by atomic mass is 10.0. The van der Waals surface area contributed by atoms with Gasteiger partial charge in [-0.3, -0.25) is 4.98 Å². The molecule has 0 radical (unpaired) electrons. The van der Waals surface area contributed by atoms with Crippen molar-refractivity contribution in [3.63, 3.8) is 0 Å². The molecule has 0 saturated heterocycles. The molecular formula is C23H20N2. The van der Waals surface area contributed by atoms with Crippen molar-refractivity contribution >= 4 is 22.3 Å². The van der Waals surface area contributed by atoms with Gasteiger partial charge in [0.2, 0.25) is 0 Å². The second kappa shape index (κ2) is 6.40. The molecular weight excluding hydrogens is 304 g/mol. The largest absolute Gasteiger partial charge is 0.345 e. The molecule has 4 aromatic rings. The van der Waals surface area contributed by atoms with Crippen LogP contribution in [0.4, 0.5) is 11.4 Å². The number of aryl methyl sites for hydroxylation is 1. The Morgan fingerprint density at radius 2 is 1.36 bits per heavy atom. The van der Waals surface area contributed by atoms with E-state index >= 15 is 0 Å². The van der Waals surface area contributed by atoms with Crippen molar-refractivity contribution in [3.8, 4) is 11.1 Å². The van der Waals surface area contributed by atoms with E-state index in [4.69, 9.17) is 0 Å². The Labute approximate surface area is 148 Å². The van der Waals surface area contributed by atoms with Crippen LogP contribution in [0.3, 0.4) is 0 Å². The summed E-state index contributed by atoms with van der Waals surface area (Å²) in [6.07, 6.45) is 1.84. The van der Waals surface area contributed by atoms with Crippen LogP contribution in [-0.4, -0.2) is 12.0 Å². The highest BCUT2D eigenvalue weighted by atomic mass is 15.1. The van der Waals surface area contributed by atoms with Crippen LogP contribution in [0.1, 0.15) is 5.56 Å². The quantitative estimate of drug-likeness (QED) is 0.461. The van der Waals surface area contributed by atoms with E-state index in [0.29, 0.717) is 0 Å². The van der Waals surface area contributed by atoms with Crippen LogP contribution in [0.5, 0.6) is 0 Å². The molecule has 0 fully saturated rings. The molecule has 0 aliphatic carbocycles. The van der Waals surface area contributed by atoms with Gasteiger partial charge in [-0.2, -0.15) is 0 Å². The molecule has 0 amide bonds. The van der Waals surface area contributed by atoms with Crippen molar-refractivity contribution in [2.75, 3.05) is 11.9 Å². The van der Waals surface area contributed by atoms with E-state index in [-0.39, 0.29) is 0 Å². The highest BCUT2D eigenvalue weighted by molar-refractivity contribution is 5.83. The second-order valence-electron chi connectivity index (χ2n) is 6.35. The summed E-state index contributed by atoms with van der Waals surface area (Å²) >= 11 is 0.